The Kier molecular flexibility index (Phi) is 11.0. The fourth-order valence-corrected chi connectivity index (χ4v) is 3.88. The third-order valence-electron chi connectivity index (χ3n) is 5.87. The normalized spacial score (nSPS) is 25.7. The molecule has 1 aliphatic rings. The van der Waals surface area contributed by atoms with Crippen molar-refractivity contribution < 1.29 is 64.4 Å². The van der Waals surface area contributed by atoms with Gasteiger partial charge in [-0.1, -0.05) is 0 Å². The Morgan fingerprint density at radius 2 is 1.90 bits per heavy atom. The van der Waals surface area contributed by atoms with Crippen LogP contribution in [0.5, 0.6) is 0 Å². The number of anilines is 1. The number of amides is 2. The maximum Gasteiger partial charge on any atom is 0.364 e. The summed E-state index contributed by atoms with van der Waals surface area (Å²) in [7, 11) is 0. The number of carbonyl (C=O) groups is 4. The summed E-state index contributed by atoms with van der Waals surface area (Å²) in [5.74, 6) is -8.60. The molecule has 2 heterocycles. The van der Waals surface area contributed by atoms with E-state index in [4.69, 9.17) is 20.3 Å². The number of carboxylic acid groups (broad SMARTS) is 2. The lowest BCUT2D eigenvalue weighted by Crippen LogP contribution is -2.68. The summed E-state index contributed by atoms with van der Waals surface area (Å²) < 4.78 is 11.3. The zero-order chi connectivity index (χ0) is 30.4. The standard InChI is InChI=1S/C21H31N5O14/c1-8(28)23-14-9(29)4-21(19(36)37,40-17(14)16(33)11(31)6-27)39-7-13(32)25-15(18(34)35)10(30)5-26-3-2-12(22)24-20(26)38/h2-3,9-11,14-17,27,29-31,33H,4-7H2,1H3,(H,23,28)(H,25,32)(H,34,35)(H,36,37)(H2,22,24,38)/t9-,10-,11-,14-,15+,16-,17+,21+/m1/s1. The SMILES string of the molecule is CC(=O)N[C@H]1[C@@H]([C@H](O)[C@H](O)CO)O[C@](OCC(=O)N[C@H](C(=O)O)[C@H](O)Cn2ccc(N)nc2=O)(C(=O)O)C[C@H]1O. The van der Waals surface area contributed by atoms with Crippen molar-refractivity contribution in [1.82, 2.24) is 20.2 Å². The number of hydrogen-bond acceptors (Lipinski definition) is 14. The molecule has 8 atom stereocenters. The van der Waals surface area contributed by atoms with Gasteiger partial charge in [0.2, 0.25) is 11.8 Å². The van der Waals surface area contributed by atoms with Crippen molar-refractivity contribution in [1.29, 1.82) is 0 Å². The third-order valence-corrected chi connectivity index (χ3v) is 5.87. The van der Waals surface area contributed by atoms with Crippen LogP contribution >= 0.6 is 0 Å². The molecule has 1 aliphatic heterocycles. The van der Waals surface area contributed by atoms with E-state index in [1.54, 1.807) is 0 Å². The number of hydrogen-bond donors (Lipinski definition) is 10. The Hall–Kier alpha value is -3.72. The van der Waals surface area contributed by atoms with E-state index >= 15 is 0 Å². The summed E-state index contributed by atoms with van der Waals surface area (Å²) >= 11 is 0. The summed E-state index contributed by atoms with van der Waals surface area (Å²) in [6, 6.07) is -2.28. The molecule has 19 nitrogen and oxygen atoms in total. The fraction of sp³-hybridized carbons (Fsp3) is 0.619. The molecule has 0 aromatic carbocycles. The maximum absolute atomic E-state index is 12.5. The predicted molar refractivity (Wildman–Crippen MR) is 127 cm³/mol. The molecule has 1 saturated heterocycles. The van der Waals surface area contributed by atoms with Crippen molar-refractivity contribution in [2.24, 2.45) is 0 Å². The summed E-state index contributed by atoms with van der Waals surface area (Å²) in [5.41, 5.74) is 4.46. The average Bonchev–Trinajstić information content (AvgIpc) is 2.87. The van der Waals surface area contributed by atoms with Crippen molar-refractivity contribution in [3.8, 4) is 0 Å². The molecular formula is C21H31N5O14. The highest BCUT2D eigenvalue weighted by atomic mass is 16.7. The molecule has 1 aromatic heterocycles. The number of carboxylic acids is 2. The third kappa shape index (κ3) is 7.91. The zero-order valence-electron chi connectivity index (χ0n) is 21.0. The van der Waals surface area contributed by atoms with E-state index in [-0.39, 0.29) is 5.82 Å². The smallest absolute Gasteiger partial charge is 0.364 e. The molecule has 1 aromatic rings. The predicted octanol–water partition coefficient (Wildman–Crippen LogP) is -6.08. The molecule has 0 saturated carbocycles. The second-order valence-corrected chi connectivity index (χ2v) is 8.91. The monoisotopic (exact) mass is 577 g/mol. The number of nitrogen functional groups attached to an aromatic ring is 1. The molecule has 1 fully saturated rings. The number of aliphatic hydroxyl groups is 5. The summed E-state index contributed by atoms with van der Waals surface area (Å²) in [5, 5.41) is 73.7. The zero-order valence-corrected chi connectivity index (χ0v) is 21.0. The van der Waals surface area contributed by atoms with E-state index in [2.05, 4.69) is 10.3 Å². The second kappa shape index (κ2) is 13.6. The first kappa shape index (κ1) is 32.5. The quantitative estimate of drug-likeness (QED) is 0.104. The average molecular weight is 578 g/mol. The molecule has 0 aliphatic carbocycles. The van der Waals surface area contributed by atoms with Crippen LogP contribution in [-0.2, 0) is 35.2 Å². The van der Waals surface area contributed by atoms with E-state index in [9.17, 15) is 54.6 Å². The Morgan fingerprint density at radius 1 is 1.25 bits per heavy atom. The van der Waals surface area contributed by atoms with Crippen molar-refractivity contribution >= 4 is 29.6 Å². The number of aliphatic hydroxyl groups excluding tert-OH is 5. The van der Waals surface area contributed by atoms with Gasteiger partial charge in [0.05, 0.1) is 25.3 Å². The highest BCUT2D eigenvalue weighted by Gasteiger charge is 2.56. The lowest BCUT2D eigenvalue weighted by Gasteiger charge is -2.46. The molecule has 19 heteroatoms. The fourth-order valence-electron chi connectivity index (χ4n) is 3.88. The minimum atomic E-state index is -2.85. The van der Waals surface area contributed by atoms with Gasteiger partial charge in [-0.15, -0.1) is 0 Å². The van der Waals surface area contributed by atoms with E-state index in [0.29, 0.717) is 0 Å². The van der Waals surface area contributed by atoms with E-state index in [1.807, 2.05) is 5.32 Å². The molecule has 40 heavy (non-hydrogen) atoms. The lowest BCUT2D eigenvalue weighted by molar-refractivity contribution is -0.309. The Balaban J connectivity index is 2.20. The van der Waals surface area contributed by atoms with Crippen LogP contribution < -0.4 is 22.1 Å². The highest BCUT2D eigenvalue weighted by Crippen LogP contribution is 2.33. The van der Waals surface area contributed by atoms with Crippen LogP contribution in [0.3, 0.4) is 0 Å². The van der Waals surface area contributed by atoms with Gasteiger partial charge in [-0.3, -0.25) is 14.2 Å². The molecule has 2 rings (SSSR count). The molecule has 0 bridgehead atoms. The van der Waals surface area contributed by atoms with Gasteiger partial charge in [0.1, 0.15) is 36.8 Å². The molecule has 0 unspecified atom stereocenters. The van der Waals surface area contributed by atoms with Crippen LogP contribution in [0.15, 0.2) is 17.1 Å². The number of carbonyl (C=O) groups excluding carboxylic acids is 2. The first-order valence-electron chi connectivity index (χ1n) is 11.6. The number of nitrogens with two attached hydrogens (primary N) is 1. The number of rotatable bonds is 13. The summed E-state index contributed by atoms with van der Waals surface area (Å²) in [6.07, 6.45) is -9.25. The van der Waals surface area contributed by atoms with Crippen LogP contribution in [0.25, 0.3) is 0 Å². The van der Waals surface area contributed by atoms with Crippen LogP contribution in [0.2, 0.25) is 0 Å². The van der Waals surface area contributed by atoms with Gasteiger partial charge in [0, 0.05) is 19.5 Å². The first-order valence-corrected chi connectivity index (χ1v) is 11.6. The van der Waals surface area contributed by atoms with Gasteiger partial charge in [-0.05, 0) is 6.07 Å². The van der Waals surface area contributed by atoms with Crippen LogP contribution in [-0.4, -0.2) is 131 Å². The van der Waals surface area contributed by atoms with Gasteiger partial charge in [0.25, 0.3) is 5.79 Å². The van der Waals surface area contributed by atoms with Gasteiger partial charge in [0.15, 0.2) is 6.04 Å². The van der Waals surface area contributed by atoms with Crippen LogP contribution in [0.4, 0.5) is 5.82 Å². The summed E-state index contributed by atoms with van der Waals surface area (Å²) in [4.78, 5) is 63.1. The first-order chi connectivity index (χ1) is 18.6. The summed E-state index contributed by atoms with van der Waals surface area (Å²) in [6.45, 7) is -1.80. The highest BCUT2D eigenvalue weighted by molar-refractivity contribution is 5.85. The second-order valence-electron chi connectivity index (χ2n) is 8.91. The number of nitrogens with zero attached hydrogens (tertiary/aromatic N) is 2. The molecule has 11 N–H and O–H groups in total. The number of aromatic nitrogens is 2. The van der Waals surface area contributed by atoms with Crippen LogP contribution in [0, 0.1) is 0 Å². The van der Waals surface area contributed by atoms with Crippen molar-refractivity contribution in [2.75, 3.05) is 18.9 Å². The van der Waals surface area contributed by atoms with Crippen molar-refractivity contribution in [3.05, 3.63) is 22.7 Å². The molecule has 224 valence electrons. The number of ether oxygens (including phenoxy) is 2. The van der Waals surface area contributed by atoms with Gasteiger partial charge >= 0.3 is 17.6 Å². The van der Waals surface area contributed by atoms with Gasteiger partial charge in [-0.2, -0.15) is 4.98 Å². The minimum Gasteiger partial charge on any atom is -0.480 e. The minimum absolute atomic E-state index is 0.123. The van der Waals surface area contributed by atoms with Gasteiger partial charge < -0.3 is 61.6 Å². The Labute approximate surface area is 224 Å². The topological polar surface area (TPSA) is 313 Å². The van der Waals surface area contributed by atoms with E-state index in [0.717, 1.165) is 17.7 Å². The molecule has 2 amide bonds. The van der Waals surface area contributed by atoms with E-state index < -0.39 is 104 Å². The van der Waals surface area contributed by atoms with Crippen LogP contribution in [0.1, 0.15) is 13.3 Å². The lowest BCUT2D eigenvalue weighted by atomic mass is 9.88. The number of nitrogens with one attached hydrogen (secondary N) is 2. The maximum atomic E-state index is 12.5. The van der Waals surface area contributed by atoms with Crippen molar-refractivity contribution in [3.63, 3.8) is 0 Å². The number of aliphatic carboxylic acids is 2. The Morgan fingerprint density at radius 3 is 2.42 bits per heavy atom. The molecule has 0 spiro atoms. The van der Waals surface area contributed by atoms with Gasteiger partial charge in [-0.25, -0.2) is 14.4 Å². The molecule has 0 radical (unpaired) electrons. The van der Waals surface area contributed by atoms with Crippen molar-refractivity contribution in [2.45, 2.75) is 68.3 Å². The van der Waals surface area contributed by atoms with E-state index in [1.165, 1.54) is 6.07 Å². The molecular weight excluding hydrogens is 546 g/mol. The Bertz CT molecular complexity index is 1150. The largest absolute Gasteiger partial charge is 0.480 e.